The summed E-state index contributed by atoms with van der Waals surface area (Å²) in [7, 11) is -3.06. The predicted octanol–water partition coefficient (Wildman–Crippen LogP) is 5.86. The SMILES string of the molecule is CCCCS(=O)(=O)NCCc1ccccc1.CSCCC(NC(=O)c1ccc(C)cc1-c1ccccc1C)C(=O)O. The van der Waals surface area contributed by atoms with Crippen molar-refractivity contribution in [2.75, 3.05) is 24.3 Å². The fraction of sp³-hybridized carbons (Fsp3) is 0.375. The van der Waals surface area contributed by atoms with Gasteiger partial charge in [0, 0.05) is 12.1 Å². The average Bonchev–Trinajstić information content (AvgIpc) is 2.95. The largest absolute Gasteiger partial charge is 0.480 e. The van der Waals surface area contributed by atoms with E-state index in [1.54, 1.807) is 17.8 Å². The Labute approximate surface area is 249 Å². The minimum Gasteiger partial charge on any atom is -0.480 e. The lowest BCUT2D eigenvalue weighted by molar-refractivity contribution is -0.139. The smallest absolute Gasteiger partial charge is 0.326 e. The molecule has 3 aromatic carbocycles. The van der Waals surface area contributed by atoms with Gasteiger partial charge in [0.2, 0.25) is 10.0 Å². The molecule has 7 nitrogen and oxygen atoms in total. The van der Waals surface area contributed by atoms with Crippen LogP contribution in [-0.4, -0.2) is 55.7 Å². The Balaban J connectivity index is 0.000000317. The maximum absolute atomic E-state index is 12.8. The van der Waals surface area contributed by atoms with Crippen LogP contribution in [-0.2, 0) is 21.2 Å². The fourth-order valence-corrected chi connectivity index (χ4v) is 5.78. The van der Waals surface area contributed by atoms with Crippen LogP contribution in [0.4, 0.5) is 0 Å². The number of aryl methyl sites for hydroxylation is 2. The third-order valence-electron chi connectivity index (χ3n) is 6.41. The zero-order valence-corrected chi connectivity index (χ0v) is 26.0. The highest BCUT2D eigenvalue weighted by molar-refractivity contribution is 7.98. The molecule has 3 aromatic rings. The topological polar surface area (TPSA) is 113 Å². The molecule has 1 amide bonds. The normalized spacial score (nSPS) is 11.7. The fourth-order valence-electron chi connectivity index (χ4n) is 4.09. The molecule has 0 heterocycles. The molecule has 3 rings (SSSR count). The number of carbonyl (C=O) groups excluding carboxylic acids is 1. The van der Waals surface area contributed by atoms with Crippen LogP contribution < -0.4 is 10.0 Å². The molecule has 1 unspecified atom stereocenters. The molecule has 0 aromatic heterocycles. The number of aliphatic carboxylic acids is 1. The maximum Gasteiger partial charge on any atom is 0.326 e. The highest BCUT2D eigenvalue weighted by Gasteiger charge is 2.22. The number of carboxylic acid groups (broad SMARTS) is 1. The number of rotatable bonds is 14. The molecule has 0 fully saturated rings. The molecule has 41 heavy (non-hydrogen) atoms. The lowest BCUT2D eigenvalue weighted by Crippen LogP contribution is -2.41. The molecule has 9 heteroatoms. The van der Waals surface area contributed by atoms with Crippen molar-refractivity contribution in [2.45, 2.75) is 52.5 Å². The van der Waals surface area contributed by atoms with E-state index in [0.29, 0.717) is 24.3 Å². The molecule has 0 aliphatic rings. The first kappa shape index (κ1) is 34.1. The number of amides is 1. The summed E-state index contributed by atoms with van der Waals surface area (Å²) in [5, 5.41) is 12.0. The second kappa shape index (κ2) is 17.6. The molecule has 0 saturated carbocycles. The van der Waals surface area contributed by atoms with Crippen LogP contribution >= 0.6 is 11.8 Å². The van der Waals surface area contributed by atoms with Crippen LogP contribution in [0.2, 0.25) is 0 Å². The van der Waals surface area contributed by atoms with E-state index in [1.807, 2.05) is 93.8 Å². The molecule has 0 bridgehead atoms. The summed E-state index contributed by atoms with van der Waals surface area (Å²) in [4.78, 5) is 24.2. The van der Waals surface area contributed by atoms with E-state index in [-0.39, 0.29) is 11.7 Å². The first-order valence-electron chi connectivity index (χ1n) is 13.8. The number of nitrogens with one attached hydrogen (secondary N) is 2. The van der Waals surface area contributed by atoms with E-state index < -0.39 is 22.0 Å². The number of thioether (sulfide) groups is 1. The number of hydrogen-bond acceptors (Lipinski definition) is 5. The van der Waals surface area contributed by atoms with Gasteiger partial charge in [0.15, 0.2) is 0 Å². The van der Waals surface area contributed by atoms with Gasteiger partial charge < -0.3 is 10.4 Å². The van der Waals surface area contributed by atoms with Crippen LogP contribution in [0.15, 0.2) is 72.8 Å². The lowest BCUT2D eigenvalue weighted by Gasteiger charge is -2.17. The van der Waals surface area contributed by atoms with Crippen molar-refractivity contribution < 1.29 is 23.1 Å². The van der Waals surface area contributed by atoms with Crippen molar-refractivity contribution >= 4 is 33.7 Å². The van der Waals surface area contributed by atoms with Crippen molar-refractivity contribution in [2.24, 2.45) is 0 Å². The summed E-state index contributed by atoms with van der Waals surface area (Å²) >= 11 is 1.56. The van der Waals surface area contributed by atoms with Gasteiger partial charge in [-0.3, -0.25) is 4.79 Å². The van der Waals surface area contributed by atoms with Gasteiger partial charge in [-0.05, 0) is 73.4 Å². The number of benzene rings is 3. The summed E-state index contributed by atoms with van der Waals surface area (Å²) in [6, 6.07) is 22.5. The van der Waals surface area contributed by atoms with Crippen LogP contribution in [0.25, 0.3) is 11.1 Å². The number of carbonyl (C=O) groups is 2. The molecule has 0 spiro atoms. The second-order valence-electron chi connectivity index (χ2n) is 9.81. The van der Waals surface area contributed by atoms with E-state index in [9.17, 15) is 23.1 Å². The lowest BCUT2D eigenvalue weighted by atomic mass is 9.94. The van der Waals surface area contributed by atoms with Gasteiger partial charge >= 0.3 is 5.97 Å². The van der Waals surface area contributed by atoms with E-state index in [0.717, 1.165) is 47.1 Å². The zero-order chi connectivity index (χ0) is 30.3. The summed E-state index contributed by atoms with van der Waals surface area (Å²) in [5.41, 5.74) is 5.57. The van der Waals surface area contributed by atoms with Gasteiger partial charge in [0.05, 0.1) is 5.75 Å². The van der Waals surface area contributed by atoms with E-state index in [1.165, 1.54) is 0 Å². The van der Waals surface area contributed by atoms with Crippen LogP contribution in [0.3, 0.4) is 0 Å². The molecule has 0 radical (unpaired) electrons. The Morgan fingerprint density at radius 3 is 2.27 bits per heavy atom. The number of carboxylic acids is 1. The van der Waals surface area contributed by atoms with Gasteiger partial charge in [-0.2, -0.15) is 11.8 Å². The molecule has 1 atom stereocenters. The second-order valence-corrected chi connectivity index (χ2v) is 12.7. The van der Waals surface area contributed by atoms with Gasteiger partial charge in [0.25, 0.3) is 5.91 Å². The third-order valence-corrected chi connectivity index (χ3v) is 8.53. The first-order valence-corrected chi connectivity index (χ1v) is 16.8. The maximum atomic E-state index is 12.8. The number of unbranched alkanes of at least 4 members (excludes halogenated alkanes) is 1. The minimum atomic E-state index is -3.06. The van der Waals surface area contributed by atoms with Gasteiger partial charge in [-0.1, -0.05) is 85.6 Å². The minimum absolute atomic E-state index is 0.234. The summed E-state index contributed by atoms with van der Waals surface area (Å²) < 4.78 is 25.6. The Bertz CT molecular complexity index is 1360. The number of hydrogen-bond donors (Lipinski definition) is 3. The summed E-state index contributed by atoms with van der Waals surface area (Å²) in [6.45, 7) is 6.44. The summed E-state index contributed by atoms with van der Waals surface area (Å²) in [5.74, 6) is -0.452. The Kier molecular flexibility index (Phi) is 14.6. The van der Waals surface area contributed by atoms with Crippen molar-refractivity contribution in [1.29, 1.82) is 0 Å². The van der Waals surface area contributed by atoms with Crippen LogP contribution in [0, 0.1) is 13.8 Å². The van der Waals surface area contributed by atoms with E-state index in [2.05, 4.69) is 10.0 Å². The molecule has 0 saturated heterocycles. The number of sulfonamides is 1. The molecular formula is C32H42N2O5S2. The standard InChI is InChI=1S/C20H23NO3S.C12H19NO2S/c1-13-8-9-16(17(12-13)15-7-5-4-6-14(15)2)19(22)21-18(20(23)24)10-11-25-3;1-2-3-11-16(14,15)13-10-9-12-7-5-4-6-8-12/h4-9,12,18H,10-11H2,1-3H3,(H,21,22)(H,23,24);4-8,13H,2-3,9-11H2,1H3. The first-order chi connectivity index (χ1) is 19.6. The van der Waals surface area contributed by atoms with Crippen LogP contribution in [0.1, 0.15) is 53.2 Å². The van der Waals surface area contributed by atoms with E-state index in [4.69, 9.17) is 0 Å². The summed E-state index contributed by atoms with van der Waals surface area (Å²) in [6.07, 6.45) is 4.68. The van der Waals surface area contributed by atoms with Gasteiger partial charge in [-0.25, -0.2) is 17.9 Å². The van der Waals surface area contributed by atoms with Crippen molar-refractivity contribution in [3.8, 4) is 11.1 Å². The van der Waals surface area contributed by atoms with Gasteiger partial charge in [0.1, 0.15) is 6.04 Å². The van der Waals surface area contributed by atoms with Crippen molar-refractivity contribution in [3.63, 3.8) is 0 Å². The molecule has 222 valence electrons. The Morgan fingerprint density at radius 2 is 1.63 bits per heavy atom. The highest BCUT2D eigenvalue weighted by atomic mass is 32.2. The zero-order valence-electron chi connectivity index (χ0n) is 24.4. The molecular weight excluding hydrogens is 556 g/mol. The van der Waals surface area contributed by atoms with E-state index >= 15 is 0 Å². The quantitative estimate of drug-likeness (QED) is 0.214. The van der Waals surface area contributed by atoms with Crippen molar-refractivity contribution in [1.82, 2.24) is 10.0 Å². The van der Waals surface area contributed by atoms with Crippen molar-refractivity contribution in [3.05, 3.63) is 95.1 Å². The third kappa shape index (κ3) is 12.1. The molecule has 0 aliphatic carbocycles. The van der Waals surface area contributed by atoms with Gasteiger partial charge in [-0.15, -0.1) is 0 Å². The molecule has 0 aliphatic heterocycles. The Hall–Kier alpha value is -3.14. The predicted molar refractivity (Wildman–Crippen MR) is 170 cm³/mol. The monoisotopic (exact) mass is 598 g/mol. The average molecular weight is 599 g/mol. The highest BCUT2D eigenvalue weighted by Crippen LogP contribution is 2.28. The van der Waals surface area contributed by atoms with Crippen LogP contribution in [0.5, 0.6) is 0 Å². The molecule has 3 N–H and O–H groups in total. The Morgan fingerprint density at radius 1 is 0.951 bits per heavy atom.